The summed E-state index contributed by atoms with van der Waals surface area (Å²) >= 11 is 0. The number of amides is 4. The van der Waals surface area contributed by atoms with Gasteiger partial charge in [0.2, 0.25) is 17.7 Å². The van der Waals surface area contributed by atoms with Crippen LogP contribution in [0.15, 0.2) is 30.5 Å². The van der Waals surface area contributed by atoms with Crippen LogP contribution in [0.3, 0.4) is 0 Å². The first kappa shape index (κ1) is 41.4. The average molecular weight is 686 g/mol. The molecule has 49 heavy (non-hydrogen) atoms. The number of hydrogen-bond acceptors (Lipinski definition) is 6. The number of carbonyl (C=O) groups excluding carboxylic acids is 4. The van der Waals surface area contributed by atoms with Crippen LogP contribution in [0.2, 0.25) is 0 Å². The minimum absolute atomic E-state index is 0.0345. The highest BCUT2D eigenvalue weighted by Gasteiger charge is 2.37. The summed E-state index contributed by atoms with van der Waals surface area (Å²) in [6, 6.07) is 4.36. The zero-order valence-corrected chi connectivity index (χ0v) is 31.3. The van der Waals surface area contributed by atoms with Crippen molar-refractivity contribution in [3.63, 3.8) is 0 Å². The third-order valence-corrected chi connectivity index (χ3v) is 9.52. The molecule has 4 unspecified atom stereocenters. The maximum atomic E-state index is 15.6. The Labute approximate surface area is 292 Å². The summed E-state index contributed by atoms with van der Waals surface area (Å²) in [5.74, 6) is -2.16. The number of aromatic nitrogens is 2. The van der Waals surface area contributed by atoms with Crippen molar-refractivity contribution >= 4 is 29.3 Å². The van der Waals surface area contributed by atoms with Crippen molar-refractivity contribution in [1.29, 1.82) is 0 Å². The molecule has 1 aromatic heterocycles. The van der Waals surface area contributed by atoms with Gasteiger partial charge in [-0.05, 0) is 63.9 Å². The minimum atomic E-state index is -0.887. The van der Waals surface area contributed by atoms with E-state index in [0.29, 0.717) is 49.7 Å². The van der Waals surface area contributed by atoms with Gasteiger partial charge in [-0.3, -0.25) is 28.8 Å². The van der Waals surface area contributed by atoms with Gasteiger partial charge in [-0.1, -0.05) is 66.9 Å². The zero-order valence-electron chi connectivity index (χ0n) is 31.3. The van der Waals surface area contributed by atoms with E-state index in [1.807, 2.05) is 34.7 Å². The first-order valence-corrected chi connectivity index (χ1v) is 18.0. The Balaban J connectivity index is 0.00000409. The molecule has 0 spiro atoms. The van der Waals surface area contributed by atoms with Crippen molar-refractivity contribution < 1.29 is 23.6 Å². The molecule has 4 amide bonds. The molecule has 0 radical (unpaired) electrons. The van der Waals surface area contributed by atoms with Crippen LogP contribution in [0.1, 0.15) is 116 Å². The Morgan fingerprint density at radius 1 is 0.980 bits per heavy atom. The van der Waals surface area contributed by atoms with Crippen molar-refractivity contribution in [1.82, 2.24) is 30.2 Å². The van der Waals surface area contributed by atoms with Crippen molar-refractivity contribution in [2.24, 2.45) is 5.92 Å². The lowest BCUT2D eigenvalue weighted by atomic mass is 9.90. The summed E-state index contributed by atoms with van der Waals surface area (Å²) in [4.78, 5) is 56.9. The second-order valence-electron chi connectivity index (χ2n) is 13.0. The lowest BCUT2D eigenvalue weighted by Crippen LogP contribution is -2.61. The number of nitrogens with zero attached hydrogens (tertiary/aromatic N) is 4. The van der Waals surface area contributed by atoms with Crippen LogP contribution in [-0.2, 0) is 20.9 Å². The molecule has 3 N–H and O–H groups in total. The van der Waals surface area contributed by atoms with E-state index in [2.05, 4.69) is 46.7 Å². The summed E-state index contributed by atoms with van der Waals surface area (Å²) in [6.07, 6.45) is 4.75. The molecule has 3 rings (SSSR count). The molecular weight excluding hydrogens is 625 g/mol. The van der Waals surface area contributed by atoms with Gasteiger partial charge in [-0.2, -0.15) is 5.10 Å². The molecule has 2 aromatic rings. The van der Waals surface area contributed by atoms with Gasteiger partial charge in [-0.25, -0.2) is 4.39 Å². The fourth-order valence-corrected chi connectivity index (χ4v) is 5.94. The first-order valence-electron chi connectivity index (χ1n) is 18.0. The number of likely N-dealkylation sites (N-methyl/N-ethyl adjacent to an activating group) is 1. The van der Waals surface area contributed by atoms with E-state index in [1.165, 1.54) is 18.3 Å². The molecule has 1 aromatic carbocycles. The van der Waals surface area contributed by atoms with Crippen LogP contribution in [0, 0.1) is 11.7 Å². The van der Waals surface area contributed by atoms with E-state index in [0.717, 1.165) is 12.8 Å². The van der Waals surface area contributed by atoms with Crippen LogP contribution in [0.4, 0.5) is 10.1 Å². The Bertz CT molecular complexity index is 1380. The van der Waals surface area contributed by atoms with Gasteiger partial charge < -0.3 is 20.9 Å². The number of anilines is 1. The summed E-state index contributed by atoms with van der Waals surface area (Å²) in [7, 11) is 2.02. The highest BCUT2D eigenvalue weighted by atomic mass is 19.1. The minimum Gasteiger partial charge on any atom is -0.344 e. The third-order valence-electron chi connectivity index (χ3n) is 9.52. The summed E-state index contributed by atoms with van der Waals surface area (Å²) < 4.78 is 17.2. The molecule has 11 nitrogen and oxygen atoms in total. The third kappa shape index (κ3) is 11.4. The highest BCUT2D eigenvalue weighted by Crippen LogP contribution is 2.27. The van der Waals surface area contributed by atoms with Crippen molar-refractivity contribution in [2.75, 3.05) is 25.5 Å². The molecule has 0 saturated carbocycles. The molecule has 6 atom stereocenters. The second-order valence-corrected chi connectivity index (χ2v) is 13.0. The number of halogens is 1. The van der Waals surface area contributed by atoms with Gasteiger partial charge in [0.05, 0.1) is 5.69 Å². The molecule has 12 heteroatoms. The van der Waals surface area contributed by atoms with Gasteiger partial charge in [0.25, 0.3) is 5.91 Å². The molecule has 1 aliphatic rings. The SMILES string of the molecule is CC.CCC(=O)NC(C(=O)N1C[C@@H](C)N(C)C[C@H]1C)C(C)c1ccc(NC(=O)C(CCCC(C)CC)NC(=O)c2ccnn2CC)c(F)c1. The van der Waals surface area contributed by atoms with E-state index < -0.39 is 35.6 Å². The summed E-state index contributed by atoms with van der Waals surface area (Å²) in [6.45, 7) is 19.4. The number of rotatable bonds is 15. The molecule has 1 aliphatic heterocycles. The topological polar surface area (TPSA) is 129 Å². The fourth-order valence-electron chi connectivity index (χ4n) is 5.94. The maximum absolute atomic E-state index is 15.6. The van der Waals surface area contributed by atoms with Gasteiger partial charge >= 0.3 is 0 Å². The highest BCUT2D eigenvalue weighted by molar-refractivity contribution is 6.00. The van der Waals surface area contributed by atoms with Crippen molar-refractivity contribution in [3.05, 3.63) is 47.5 Å². The lowest BCUT2D eigenvalue weighted by Gasteiger charge is -2.44. The molecule has 1 fully saturated rings. The van der Waals surface area contributed by atoms with Crippen LogP contribution >= 0.6 is 0 Å². The zero-order chi connectivity index (χ0) is 36.8. The Morgan fingerprint density at radius 2 is 1.67 bits per heavy atom. The van der Waals surface area contributed by atoms with Gasteiger partial charge in [0.1, 0.15) is 23.6 Å². The smallest absolute Gasteiger partial charge is 0.270 e. The quantitative estimate of drug-likeness (QED) is 0.225. The van der Waals surface area contributed by atoms with Crippen LogP contribution in [-0.4, -0.2) is 87.5 Å². The maximum Gasteiger partial charge on any atom is 0.270 e. The first-order chi connectivity index (χ1) is 23.3. The molecule has 1 saturated heterocycles. The Morgan fingerprint density at radius 3 is 2.29 bits per heavy atom. The predicted molar refractivity (Wildman–Crippen MR) is 193 cm³/mol. The fraction of sp³-hybridized carbons (Fsp3) is 0.649. The van der Waals surface area contributed by atoms with Crippen LogP contribution < -0.4 is 16.0 Å². The summed E-state index contributed by atoms with van der Waals surface area (Å²) in [5, 5.41) is 12.5. The molecule has 274 valence electrons. The lowest BCUT2D eigenvalue weighted by molar-refractivity contribution is -0.141. The predicted octanol–water partition coefficient (Wildman–Crippen LogP) is 5.57. The molecule has 2 heterocycles. The van der Waals surface area contributed by atoms with Gasteiger partial charge in [-0.15, -0.1) is 0 Å². The van der Waals surface area contributed by atoms with E-state index in [1.54, 1.807) is 35.6 Å². The van der Waals surface area contributed by atoms with Crippen LogP contribution in [0.5, 0.6) is 0 Å². The molecular formula is C37H60FN7O4. The van der Waals surface area contributed by atoms with Crippen molar-refractivity contribution in [3.8, 4) is 0 Å². The number of benzene rings is 1. The van der Waals surface area contributed by atoms with E-state index in [-0.39, 0.29) is 36.0 Å². The van der Waals surface area contributed by atoms with Crippen molar-refractivity contribution in [2.45, 2.75) is 131 Å². The Hall–Kier alpha value is -3.80. The number of aryl methyl sites for hydroxylation is 1. The number of hydrogen-bond donors (Lipinski definition) is 3. The van der Waals surface area contributed by atoms with E-state index >= 15 is 4.39 Å². The van der Waals surface area contributed by atoms with Gasteiger partial charge in [0, 0.05) is 50.3 Å². The van der Waals surface area contributed by atoms with E-state index in [4.69, 9.17) is 0 Å². The van der Waals surface area contributed by atoms with E-state index in [9.17, 15) is 19.2 Å². The van der Waals surface area contributed by atoms with Gasteiger partial charge in [0.15, 0.2) is 0 Å². The number of carbonyl (C=O) groups is 4. The standard InChI is InChI=1S/C35H54FN7O4.C2H6/c1-9-22(4)13-12-14-29(39-34(46)30-17-18-37-43(30)11-3)33(45)38-28-16-15-26(19-27(28)36)25(7)32(40-31(44)10-2)35(47)42-21-23(5)41(8)20-24(42)6;1-2/h15-19,22-25,29,32H,9-14,20-21H2,1-8H3,(H,38,45)(H,39,46)(H,40,44);1-2H3/t22?,23-,24-,25?,29?,32?;/m1./s1. The average Bonchev–Trinajstić information content (AvgIpc) is 3.58. The monoisotopic (exact) mass is 685 g/mol. The second kappa shape index (κ2) is 20.0. The largest absolute Gasteiger partial charge is 0.344 e. The summed E-state index contributed by atoms with van der Waals surface area (Å²) in [5.41, 5.74) is 0.820. The van der Waals surface area contributed by atoms with Crippen LogP contribution in [0.25, 0.3) is 0 Å². The number of piperazine rings is 1. The molecule has 0 bridgehead atoms. The normalized spacial score (nSPS) is 18.7. The molecule has 0 aliphatic carbocycles. The Kier molecular flexibility index (Phi) is 16.9. The number of nitrogens with one attached hydrogen (secondary N) is 3.